The highest BCUT2D eigenvalue weighted by atomic mass is 16.5. The summed E-state index contributed by atoms with van der Waals surface area (Å²) in [4.78, 5) is 35.6. The summed E-state index contributed by atoms with van der Waals surface area (Å²) < 4.78 is 5.39. The number of ketones is 1. The minimum Gasteiger partial charge on any atom is -0.507 e. The highest BCUT2D eigenvalue weighted by Gasteiger charge is 2.46. The van der Waals surface area contributed by atoms with Crippen LogP contribution in [0.1, 0.15) is 28.3 Å². The first-order valence-electron chi connectivity index (χ1n) is 9.73. The lowest BCUT2D eigenvalue weighted by molar-refractivity contribution is -0.140. The van der Waals surface area contributed by atoms with Crippen LogP contribution in [0.2, 0.25) is 0 Å². The number of methoxy groups -OCH3 is 1. The Balaban J connectivity index is 1.90. The minimum atomic E-state index is -0.763. The summed E-state index contributed by atoms with van der Waals surface area (Å²) in [6.07, 6.45) is 6.44. The van der Waals surface area contributed by atoms with E-state index in [4.69, 9.17) is 4.74 Å². The molecule has 0 saturated carbocycles. The topological polar surface area (TPSA) is 92.6 Å². The molecule has 156 valence electrons. The van der Waals surface area contributed by atoms with Crippen LogP contribution in [0.3, 0.4) is 0 Å². The van der Waals surface area contributed by atoms with Gasteiger partial charge in [0.1, 0.15) is 11.5 Å². The fraction of sp³-hybridized carbons (Fsp3) is 0.167. The fourth-order valence-corrected chi connectivity index (χ4v) is 3.77. The van der Waals surface area contributed by atoms with E-state index in [1.165, 1.54) is 12.0 Å². The zero-order valence-electron chi connectivity index (χ0n) is 17.1. The zero-order chi connectivity index (χ0) is 22.0. The molecule has 1 aliphatic heterocycles. The number of aryl methyl sites for hydroxylation is 1. The largest absolute Gasteiger partial charge is 0.507 e. The summed E-state index contributed by atoms with van der Waals surface area (Å²) in [6, 6.07) is 11.6. The number of hydrogen-bond donors (Lipinski definition) is 1. The second-order valence-electron chi connectivity index (χ2n) is 7.27. The van der Waals surface area contributed by atoms with Gasteiger partial charge in [-0.05, 0) is 54.4 Å². The van der Waals surface area contributed by atoms with Crippen molar-refractivity contribution in [1.82, 2.24) is 14.9 Å². The van der Waals surface area contributed by atoms with E-state index in [1.807, 2.05) is 13.0 Å². The first-order chi connectivity index (χ1) is 15.0. The third-order valence-electron chi connectivity index (χ3n) is 5.27. The van der Waals surface area contributed by atoms with E-state index in [1.54, 1.807) is 61.2 Å². The lowest BCUT2D eigenvalue weighted by atomic mass is 9.95. The summed E-state index contributed by atoms with van der Waals surface area (Å²) in [6.45, 7) is 2.07. The second-order valence-corrected chi connectivity index (χ2v) is 7.27. The van der Waals surface area contributed by atoms with Gasteiger partial charge in [0.05, 0.1) is 24.3 Å². The maximum absolute atomic E-state index is 13.1. The van der Waals surface area contributed by atoms with Crippen molar-refractivity contribution in [2.75, 3.05) is 7.11 Å². The van der Waals surface area contributed by atoms with Gasteiger partial charge < -0.3 is 14.7 Å². The summed E-state index contributed by atoms with van der Waals surface area (Å²) in [7, 11) is 1.49. The molecule has 1 aromatic carbocycles. The molecular weight excluding hydrogens is 394 g/mol. The van der Waals surface area contributed by atoms with Gasteiger partial charge in [-0.3, -0.25) is 19.6 Å². The van der Waals surface area contributed by atoms with Gasteiger partial charge in [0.2, 0.25) is 0 Å². The molecule has 2 aromatic heterocycles. The van der Waals surface area contributed by atoms with Crippen LogP contribution in [0.4, 0.5) is 0 Å². The Kier molecular flexibility index (Phi) is 5.49. The number of aromatic nitrogens is 2. The molecule has 31 heavy (non-hydrogen) atoms. The number of carbonyl (C=O) groups excluding carboxylic acids is 2. The fourth-order valence-electron chi connectivity index (χ4n) is 3.77. The van der Waals surface area contributed by atoms with E-state index in [9.17, 15) is 14.7 Å². The van der Waals surface area contributed by atoms with Gasteiger partial charge in [0.25, 0.3) is 11.7 Å². The Hall–Kier alpha value is -4.00. The number of benzene rings is 1. The number of carbonyl (C=O) groups is 2. The normalized spacial score (nSPS) is 17.7. The van der Waals surface area contributed by atoms with Gasteiger partial charge in [-0.25, -0.2) is 0 Å². The molecule has 3 aromatic rings. The van der Waals surface area contributed by atoms with E-state index in [0.29, 0.717) is 16.9 Å². The van der Waals surface area contributed by atoms with E-state index < -0.39 is 17.7 Å². The van der Waals surface area contributed by atoms with Crippen molar-refractivity contribution in [2.24, 2.45) is 0 Å². The molecule has 4 rings (SSSR count). The van der Waals surface area contributed by atoms with Gasteiger partial charge in [0, 0.05) is 31.3 Å². The zero-order valence-corrected chi connectivity index (χ0v) is 17.1. The number of aliphatic hydroxyl groups excluding tert-OH is 1. The van der Waals surface area contributed by atoms with Crippen molar-refractivity contribution in [2.45, 2.75) is 19.5 Å². The van der Waals surface area contributed by atoms with E-state index in [-0.39, 0.29) is 17.9 Å². The number of Topliss-reactive ketones (excluding diaryl/α,β-unsaturated/α-hetero) is 1. The number of pyridine rings is 2. The SMILES string of the molecule is COc1ccc(C)cc1/C(O)=C1\C(=O)C(=O)N(Cc2ccncc2)C1c1ccncc1. The number of aliphatic hydroxyl groups is 1. The molecular formula is C24H21N3O4. The summed E-state index contributed by atoms with van der Waals surface area (Å²) in [5.74, 6) is -1.27. The molecule has 7 nitrogen and oxygen atoms in total. The molecule has 1 atom stereocenters. The molecule has 1 unspecified atom stereocenters. The average Bonchev–Trinajstić information content (AvgIpc) is 3.04. The quantitative estimate of drug-likeness (QED) is 0.390. The van der Waals surface area contributed by atoms with Crippen molar-refractivity contribution in [3.8, 4) is 5.75 Å². The van der Waals surface area contributed by atoms with E-state index in [2.05, 4.69) is 9.97 Å². The summed E-state index contributed by atoms with van der Waals surface area (Å²) >= 11 is 0. The van der Waals surface area contributed by atoms with Gasteiger partial charge in [-0.15, -0.1) is 0 Å². The Morgan fingerprint density at radius 3 is 2.32 bits per heavy atom. The molecule has 0 bridgehead atoms. The predicted molar refractivity (Wildman–Crippen MR) is 114 cm³/mol. The van der Waals surface area contributed by atoms with Gasteiger partial charge >= 0.3 is 0 Å². The lowest BCUT2D eigenvalue weighted by Gasteiger charge is -2.25. The standard InChI is InChI=1S/C24H21N3O4/c1-15-3-4-19(31-2)18(13-15)22(28)20-21(17-7-11-26-12-8-17)27(24(30)23(20)29)14-16-5-9-25-10-6-16/h3-13,21,28H,14H2,1-2H3/b22-20+. The summed E-state index contributed by atoms with van der Waals surface area (Å²) in [5.41, 5.74) is 2.77. The molecule has 0 aliphatic carbocycles. The molecule has 3 heterocycles. The van der Waals surface area contributed by atoms with Crippen molar-refractivity contribution >= 4 is 17.4 Å². The Morgan fingerprint density at radius 1 is 1.03 bits per heavy atom. The van der Waals surface area contributed by atoms with Crippen molar-refractivity contribution in [3.05, 3.63) is 95.1 Å². The molecule has 1 amide bonds. The minimum absolute atomic E-state index is 0.0224. The maximum Gasteiger partial charge on any atom is 0.295 e. The highest BCUT2D eigenvalue weighted by Crippen LogP contribution is 2.41. The van der Waals surface area contributed by atoms with Gasteiger partial charge in [-0.2, -0.15) is 0 Å². The molecule has 1 fully saturated rings. The third kappa shape index (κ3) is 3.77. The van der Waals surface area contributed by atoms with Crippen LogP contribution in [0.5, 0.6) is 5.75 Å². The van der Waals surface area contributed by atoms with Crippen LogP contribution in [0.15, 0.2) is 72.8 Å². The average molecular weight is 415 g/mol. The molecule has 1 aliphatic rings. The van der Waals surface area contributed by atoms with E-state index >= 15 is 0 Å². The first-order valence-corrected chi connectivity index (χ1v) is 9.73. The number of likely N-dealkylation sites (tertiary alicyclic amines) is 1. The van der Waals surface area contributed by atoms with Crippen molar-refractivity contribution in [1.29, 1.82) is 0 Å². The second kappa shape index (κ2) is 8.39. The molecule has 0 spiro atoms. The number of amides is 1. The first kappa shape index (κ1) is 20.3. The van der Waals surface area contributed by atoms with Crippen LogP contribution >= 0.6 is 0 Å². The Morgan fingerprint density at radius 2 is 1.68 bits per heavy atom. The lowest BCUT2D eigenvalue weighted by Crippen LogP contribution is -2.29. The Labute approximate surface area is 179 Å². The smallest absolute Gasteiger partial charge is 0.295 e. The third-order valence-corrected chi connectivity index (χ3v) is 5.27. The molecule has 1 saturated heterocycles. The van der Waals surface area contributed by atoms with E-state index in [0.717, 1.165) is 11.1 Å². The highest BCUT2D eigenvalue weighted by molar-refractivity contribution is 6.46. The number of nitrogens with zero attached hydrogens (tertiary/aromatic N) is 3. The monoisotopic (exact) mass is 415 g/mol. The van der Waals surface area contributed by atoms with Crippen LogP contribution in [0.25, 0.3) is 5.76 Å². The van der Waals surface area contributed by atoms with Gasteiger partial charge in [0.15, 0.2) is 0 Å². The molecule has 1 N–H and O–H groups in total. The van der Waals surface area contributed by atoms with Crippen LogP contribution in [0, 0.1) is 6.92 Å². The number of hydrogen-bond acceptors (Lipinski definition) is 6. The van der Waals surface area contributed by atoms with Gasteiger partial charge in [-0.1, -0.05) is 11.6 Å². The Bertz CT molecular complexity index is 1160. The molecule has 7 heteroatoms. The summed E-state index contributed by atoms with van der Waals surface area (Å²) in [5, 5.41) is 11.2. The number of ether oxygens (including phenoxy) is 1. The maximum atomic E-state index is 13.1. The van der Waals surface area contributed by atoms with Crippen molar-refractivity contribution < 1.29 is 19.4 Å². The van der Waals surface area contributed by atoms with Crippen LogP contribution < -0.4 is 4.74 Å². The van der Waals surface area contributed by atoms with Crippen LogP contribution in [-0.4, -0.2) is 38.8 Å². The molecule has 0 radical (unpaired) electrons. The predicted octanol–water partition coefficient (Wildman–Crippen LogP) is 3.42. The van der Waals surface area contributed by atoms with Crippen molar-refractivity contribution in [3.63, 3.8) is 0 Å². The number of rotatable bonds is 5. The van der Waals surface area contributed by atoms with Crippen LogP contribution in [-0.2, 0) is 16.1 Å².